The maximum Gasteiger partial charge on any atom is 0.246 e. The lowest BCUT2D eigenvalue weighted by Gasteiger charge is -2.35. The molecule has 0 fully saturated rings. The monoisotopic (exact) mass is 653 g/mol. The van der Waals surface area contributed by atoms with E-state index in [0.717, 1.165) is 0 Å². The van der Waals surface area contributed by atoms with Gasteiger partial charge >= 0.3 is 0 Å². The Balaban J connectivity index is 1.27. The van der Waals surface area contributed by atoms with Crippen molar-refractivity contribution in [3.63, 3.8) is 0 Å². The molecule has 2 amide bonds. The Kier molecular flexibility index (Phi) is 18.7. The maximum atomic E-state index is 12.4. The number of thioether (sulfide) groups is 1. The van der Waals surface area contributed by atoms with Gasteiger partial charge in [0.15, 0.2) is 0 Å². The van der Waals surface area contributed by atoms with Gasteiger partial charge in [-0.05, 0) is 16.7 Å². The highest BCUT2D eigenvalue weighted by Crippen LogP contribution is 2.48. The van der Waals surface area contributed by atoms with Crippen molar-refractivity contribution in [3.05, 3.63) is 108 Å². The minimum atomic E-state index is -0.425. The summed E-state index contributed by atoms with van der Waals surface area (Å²) >= 11 is 1.80. The van der Waals surface area contributed by atoms with Crippen molar-refractivity contribution < 1.29 is 33.3 Å². The van der Waals surface area contributed by atoms with Gasteiger partial charge in [0.1, 0.15) is 13.2 Å². The molecular formula is C35H47N3O7S. The lowest BCUT2D eigenvalue weighted by molar-refractivity contribution is -0.126. The Hall–Kier alpha value is -3.29. The van der Waals surface area contributed by atoms with Crippen LogP contribution in [-0.4, -0.2) is 103 Å². The standard InChI is InChI=1S/C35H47N3O7S/c36-16-19-41-21-22-42-20-17-37-33(39)28-44-25-23-43-24-26-45-29-34(40)38-18-27-46-35(30-10-4-1-5-11-30,31-12-6-2-7-13-31)32-14-8-3-9-15-32/h1-15H,16-29,36H2,(H,37,39)(H,38,40). The van der Waals surface area contributed by atoms with E-state index in [1.54, 1.807) is 11.8 Å². The minimum Gasteiger partial charge on any atom is -0.378 e. The third-order valence-electron chi connectivity index (χ3n) is 6.70. The van der Waals surface area contributed by atoms with Crippen LogP contribution in [-0.2, 0) is 38.0 Å². The second-order valence-corrected chi connectivity index (χ2v) is 11.4. The molecule has 0 aliphatic heterocycles. The van der Waals surface area contributed by atoms with Gasteiger partial charge in [0.2, 0.25) is 11.8 Å². The summed E-state index contributed by atoms with van der Waals surface area (Å²) < 4.78 is 26.3. The van der Waals surface area contributed by atoms with E-state index in [1.807, 2.05) is 18.2 Å². The van der Waals surface area contributed by atoms with Crippen molar-refractivity contribution in [3.8, 4) is 0 Å². The molecule has 0 unspecified atom stereocenters. The Morgan fingerprint density at radius 2 is 0.935 bits per heavy atom. The summed E-state index contributed by atoms with van der Waals surface area (Å²) in [5.41, 5.74) is 8.88. The Labute approximate surface area is 276 Å². The molecule has 0 aliphatic carbocycles. The van der Waals surface area contributed by atoms with Crippen LogP contribution in [0.15, 0.2) is 91.0 Å². The topological polar surface area (TPSA) is 130 Å². The highest BCUT2D eigenvalue weighted by Gasteiger charge is 2.36. The Morgan fingerprint density at radius 3 is 1.39 bits per heavy atom. The molecule has 0 saturated heterocycles. The van der Waals surface area contributed by atoms with E-state index < -0.39 is 4.75 Å². The predicted molar refractivity (Wildman–Crippen MR) is 181 cm³/mol. The van der Waals surface area contributed by atoms with Gasteiger partial charge in [0.25, 0.3) is 0 Å². The second kappa shape index (κ2) is 23.1. The van der Waals surface area contributed by atoms with Crippen molar-refractivity contribution in [2.75, 3.05) is 91.5 Å². The van der Waals surface area contributed by atoms with E-state index in [0.29, 0.717) is 65.0 Å². The smallest absolute Gasteiger partial charge is 0.246 e. The third kappa shape index (κ3) is 13.6. The fraction of sp³-hybridized carbons (Fsp3) is 0.429. The van der Waals surface area contributed by atoms with Crippen molar-refractivity contribution >= 4 is 23.6 Å². The molecule has 10 nitrogen and oxygen atoms in total. The molecule has 0 radical (unpaired) electrons. The largest absolute Gasteiger partial charge is 0.378 e. The summed E-state index contributed by atoms with van der Waals surface area (Å²) in [6.07, 6.45) is 0. The second-order valence-electron chi connectivity index (χ2n) is 10.1. The fourth-order valence-corrected chi connectivity index (χ4v) is 6.02. The molecular weight excluding hydrogens is 606 g/mol. The summed E-state index contributed by atoms with van der Waals surface area (Å²) in [5.74, 6) is 0.302. The van der Waals surface area contributed by atoms with Crippen LogP contribution in [0.5, 0.6) is 0 Å². The summed E-state index contributed by atoms with van der Waals surface area (Å²) in [6, 6.07) is 31.4. The summed E-state index contributed by atoms with van der Waals surface area (Å²) in [5, 5.41) is 5.68. The van der Waals surface area contributed by atoms with Gasteiger partial charge in [-0.3, -0.25) is 9.59 Å². The predicted octanol–water partition coefficient (Wildman–Crippen LogP) is 2.99. The van der Waals surface area contributed by atoms with E-state index in [9.17, 15) is 9.59 Å². The van der Waals surface area contributed by atoms with Crippen LogP contribution >= 0.6 is 11.8 Å². The number of carbonyl (C=O) groups is 2. The number of hydrogen-bond acceptors (Lipinski definition) is 9. The van der Waals surface area contributed by atoms with Crippen LogP contribution in [0.3, 0.4) is 0 Å². The van der Waals surface area contributed by atoms with Crippen LogP contribution in [0.25, 0.3) is 0 Å². The third-order valence-corrected chi connectivity index (χ3v) is 8.25. The van der Waals surface area contributed by atoms with E-state index in [1.165, 1.54) is 16.7 Å². The number of carbonyl (C=O) groups excluding carboxylic acids is 2. The average molecular weight is 654 g/mol. The fourth-order valence-electron chi connectivity index (χ4n) is 4.60. The zero-order valence-electron chi connectivity index (χ0n) is 26.4. The van der Waals surface area contributed by atoms with Gasteiger partial charge < -0.3 is 40.1 Å². The van der Waals surface area contributed by atoms with Crippen LogP contribution < -0.4 is 16.4 Å². The molecule has 0 saturated carbocycles. The average Bonchev–Trinajstić information content (AvgIpc) is 3.10. The normalized spacial score (nSPS) is 11.3. The van der Waals surface area contributed by atoms with Gasteiger partial charge in [-0.2, -0.15) is 0 Å². The lowest BCUT2D eigenvalue weighted by atomic mass is 9.84. The molecule has 0 spiro atoms. The molecule has 11 heteroatoms. The van der Waals surface area contributed by atoms with Crippen LogP contribution in [0.4, 0.5) is 0 Å². The van der Waals surface area contributed by atoms with Gasteiger partial charge in [-0.1, -0.05) is 91.0 Å². The molecule has 0 heterocycles. The molecule has 0 aliphatic rings. The van der Waals surface area contributed by atoms with E-state index in [2.05, 4.69) is 83.4 Å². The molecule has 3 aromatic carbocycles. The van der Waals surface area contributed by atoms with Crippen molar-refractivity contribution in [2.45, 2.75) is 4.75 Å². The van der Waals surface area contributed by atoms with E-state index in [-0.39, 0.29) is 38.2 Å². The molecule has 0 aromatic heterocycles. The first kappa shape index (κ1) is 37.2. The number of benzene rings is 3. The highest BCUT2D eigenvalue weighted by atomic mass is 32.2. The number of ether oxygens (including phenoxy) is 5. The molecule has 3 rings (SSSR count). The van der Waals surface area contributed by atoms with Crippen molar-refractivity contribution in [1.29, 1.82) is 0 Å². The van der Waals surface area contributed by atoms with Crippen LogP contribution in [0.2, 0.25) is 0 Å². The Bertz CT molecular complexity index is 1130. The summed E-state index contributed by atoms with van der Waals surface area (Å²) in [7, 11) is 0. The number of rotatable bonds is 25. The molecule has 3 aromatic rings. The maximum absolute atomic E-state index is 12.4. The number of hydrogen-bond donors (Lipinski definition) is 3. The van der Waals surface area contributed by atoms with Gasteiger partial charge in [0, 0.05) is 25.4 Å². The number of amides is 2. The first-order chi connectivity index (χ1) is 22.7. The molecule has 46 heavy (non-hydrogen) atoms. The lowest BCUT2D eigenvalue weighted by Crippen LogP contribution is -2.32. The first-order valence-electron chi connectivity index (χ1n) is 15.6. The zero-order chi connectivity index (χ0) is 32.5. The summed E-state index contributed by atoms with van der Waals surface area (Å²) in [6.45, 7) is 4.31. The highest BCUT2D eigenvalue weighted by molar-refractivity contribution is 8.00. The number of nitrogens with two attached hydrogens (primary N) is 1. The van der Waals surface area contributed by atoms with E-state index in [4.69, 9.17) is 29.4 Å². The van der Waals surface area contributed by atoms with Gasteiger partial charge in [-0.15, -0.1) is 11.8 Å². The molecule has 0 bridgehead atoms. The van der Waals surface area contributed by atoms with E-state index >= 15 is 0 Å². The van der Waals surface area contributed by atoms with Crippen LogP contribution in [0, 0.1) is 0 Å². The first-order valence-corrected chi connectivity index (χ1v) is 16.6. The molecule has 0 atom stereocenters. The quantitative estimate of drug-likeness (QED) is 0.0934. The molecule has 250 valence electrons. The zero-order valence-corrected chi connectivity index (χ0v) is 27.2. The minimum absolute atomic E-state index is 0.0453. The summed E-state index contributed by atoms with van der Waals surface area (Å²) in [4.78, 5) is 24.2. The number of nitrogens with one attached hydrogen (secondary N) is 2. The van der Waals surface area contributed by atoms with Gasteiger partial charge in [0.05, 0.1) is 57.6 Å². The molecule has 4 N–H and O–H groups in total. The van der Waals surface area contributed by atoms with Crippen molar-refractivity contribution in [2.24, 2.45) is 5.73 Å². The van der Waals surface area contributed by atoms with Gasteiger partial charge in [-0.25, -0.2) is 0 Å². The Morgan fingerprint density at radius 1 is 0.543 bits per heavy atom. The van der Waals surface area contributed by atoms with Crippen molar-refractivity contribution in [1.82, 2.24) is 10.6 Å². The SMILES string of the molecule is NCCOCCOCCNC(=O)COCCOCCOCC(=O)NCCSC(c1ccccc1)(c1ccccc1)c1ccccc1. The van der Waals surface area contributed by atoms with Crippen LogP contribution in [0.1, 0.15) is 16.7 Å².